The summed E-state index contributed by atoms with van der Waals surface area (Å²) in [5.41, 5.74) is 1.80. The number of carbonyl (C=O) groups is 2. The molecule has 0 radical (unpaired) electrons. The number of benzene rings is 2. The lowest BCUT2D eigenvalue weighted by atomic mass is 10.1. The van der Waals surface area contributed by atoms with Gasteiger partial charge in [0.25, 0.3) is 0 Å². The van der Waals surface area contributed by atoms with E-state index in [9.17, 15) is 14.0 Å². The Bertz CT molecular complexity index is 1150. The lowest BCUT2D eigenvalue weighted by Gasteiger charge is -2.17. The quantitative estimate of drug-likeness (QED) is 0.559. The Morgan fingerprint density at radius 2 is 2.06 bits per heavy atom. The highest BCUT2D eigenvalue weighted by Crippen LogP contribution is 2.35. The third-order valence-corrected chi connectivity index (χ3v) is 6.79. The van der Waals surface area contributed by atoms with Crippen LogP contribution in [0, 0.1) is 12.7 Å². The SMILES string of the molecule is Cc1ccc(N2CC(c3nnc(NC(=O)Cc4c(F)cccc4Cl)s3)CC2=O)cc1Cl. The molecular weight excluding hydrogens is 462 g/mol. The number of carbonyl (C=O) groups excluding carboxylic acids is 2. The molecule has 3 aromatic rings. The molecule has 1 saturated heterocycles. The number of aryl methyl sites for hydroxylation is 1. The summed E-state index contributed by atoms with van der Waals surface area (Å²) in [5.74, 6) is -1.16. The second kappa shape index (κ2) is 8.90. The molecule has 2 aromatic carbocycles. The molecule has 2 amide bonds. The highest BCUT2D eigenvalue weighted by atomic mass is 35.5. The van der Waals surface area contributed by atoms with Crippen LogP contribution in [0.3, 0.4) is 0 Å². The molecule has 1 aliphatic rings. The highest BCUT2D eigenvalue weighted by Gasteiger charge is 2.34. The zero-order valence-electron chi connectivity index (χ0n) is 16.4. The van der Waals surface area contributed by atoms with E-state index < -0.39 is 11.7 Å². The summed E-state index contributed by atoms with van der Waals surface area (Å²) in [4.78, 5) is 26.5. The lowest BCUT2D eigenvalue weighted by Crippen LogP contribution is -2.24. The summed E-state index contributed by atoms with van der Waals surface area (Å²) >= 11 is 13.4. The van der Waals surface area contributed by atoms with Crippen molar-refractivity contribution >= 4 is 57.2 Å². The van der Waals surface area contributed by atoms with Gasteiger partial charge < -0.3 is 10.2 Å². The predicted octanol–water partition coefficient (Wildman–Crippen LogP) is 4.99. The van der Waals surface area contributed by atoms with E-state index in [1.54, 1.807) is 11.0 Å². The average Bonchev–Trinajstić information content (AvgIpc) is 3.33. The van der Waals surface area contributed by atoms with E-state index in [0.29, 0.717) is 23.0 Å². The largest absolute Gasteiger partial charge is 0.312 e. The molecule has 160 valence electrons. The third-order valence-electron chi connectivity index (χ3n) is 5.03. The van der Waals surface area contributed by atoms with Gasteiger partial charge in [0, 0.05) is 40.2 Å². The van der Waals surface area contributed by atoms with E-state index in [4.69, 9.17) is 23.2 Å². The fraction of sp³-hybridized carbons (Fsp3) is 0.238. The van der Waals surface area contributed by atoms with Crippen molar-refractivity contribution in [2.24, 2.45) is 0 Å². The van der Waals surface area contributed by atoms with E-state index in [1.807, 2.05) is 19.1 Å². The second-order valence-corrected chi connectivity index (χ2v) is 9.03. The standard InChI is InChI=1S/C21H17Cl2FN4O2S/c1-11-5-6-13(8-16(11)23)28-10-12(7-19(28)30)20-26-27-21(31-20)25-18(29)9-14-15(22)3-2-4-17(14)24/h2-6,8,12H,7,9-10H2,1H3,(H,25,27,29). The van der Waals surface area contributed by atoms with Crippen molar-refractivity contribution in [3.05, 3.63) is 68.4 Å². The van der Waals surface area contributed by atoms with Gasteiger partial charge in [-0.2, -0.15) is 0 Å². The van der Waals surface area contributed by atoms with E-state index in [-0.39, 0.29) is 34.0 Å². The molecule has 1 aliphatic heterocycles. The molecule has 1 N–H and O–H groups in total. The monoisotopic (exact) mass is 478 g/mol. The summed E-state index contributed by atoms with van der Waals surface area (Å²) in [5, 5.41) is 12.5. The maximum Gasteiger partial charge on any atom is 0.230 e. The number of aromatic nitrogens is 2. The van der Waals surface area contributed by atoms with Crippen LogP contribution >= 0.6 is 34.5 Å². The van der Waals surface area contributed by atoms with Gasteiger partial charge in [-0.05, 0) is 36.8 Å². The zero-order chi connectivity index (χ0) is 22.1. The van der Waals surface area contributed by atoms with Crippen LogP contribution in [-0.4, -0.2) is 28.6 Å². The number of halogens is 3. The number of nitrogens with one attached hydrogen (secondary N) is 1. The molecule has 1 fully saturated rings. The maximum absolute atomic E-state index is 13.9. The molecule has 1 unspecified atom stereocenters. The van der Waals surface area contributed by atoms with Crippen molar-refractivity contribution < 1.29 is 14.0 Å². The van der Waals surface area contributed by atoms with Gasteiger partial charge in [-0.15, -0.1) is 10.2 Å². The molecule has 0 spiro atoms. The molecule has 0 saturated carbocycles. The first-order valence-electron chi connectivity index (χ1n) is 9.44. The van der Waals surface area contributed by atoms with E-state index in [2.05, 4.69) is 15.5 Å². The Morgan fingerprint density at radius 3 is 2.81 bits per heavy atom. The fourth-order valence-electron chi connectivity index (χ4n) is 3.35. The summed E-state index contributed by atoms with van der Waals surface area (Å²) in [7, 11) is 0. The number of rotatable bonds is 5. The van der Waals surface area contributed by atoms with Gasteiger partial charge in [0.05, 0.1) is 6.42 Å². The van der Waals surface area contributed by atoms with Crippen LogP contribution in [0.2, 0.25) is 10.0 Å². The lowest BCUT2D eigenvalue weighted by molar-refractivity contribution is -0.117. The van der Waals surface area contributed by atoms with Gasteiger partial charge in [0.1, 0.15) is 10.8 Å². The Morgan fingerprint density at radius 1 is 1.26 bits per heavy atom. The van der Waals surface area contributed by atoms with Crippen molar-refractivity contribution in [1.82, 2.24) is 10.2 Å². The number of hydrogen-bond donors (Lipinski definition) is 1. The Kier molecular flexibility index (Phi) is 6.22. The van der Waals surface area contributed by atoms with Gasteiger partial charge in [-0.3, -0.25) is 9.59 Å². The van der Waals surface area contributed by atoms with Crippen molar-refractivity contribution in [3.63, 3.8) is 0 Å². The third kappa shape index (κ3) is 4.71. The van der Waals surface area contributed by atoms with Crippen LogP contribution < -0.4 is 10.2 Å². The number of anilines is 2. The van der Waals surface area contributed by atoms with Crippen molar-refractivity contribution in [2.45, 2.75) is 25.7 Å². The zero-order valence-corrected chi connectivity index (χ0v) is 18.7. The minimum Gasteiger partial charge on any atom is -0.312 e. The predicted molar refractivity (Wildman–Crippen MR) is 120 cm³/mol. The highest BCUT2D eigenvalue weighted by molar-refractivity contribution is 7.15. The summed E-state index contributed by atoms with van der Waals surface area (Å²) in [6.07, 6.45) is 0.0726. The van der Waals surface area contributed by atoms with E-state index in [1.165, 1.54) is 29.5 Å². The molecule has 10 heteroatoms. The number of amides is 2. The van der Waals surface area contributed by atoms with Crippen LogP contribution in [0.25, 0.3) is 0 Å². The van der Waals surface area contributed by atoms with Crippen molar-refractivity contribution in [3.8, 4) is 0 Å². The molecule has 0 bridgehead atoms. The molecule has 6 nitrogen and oxygen atoms in total. The summed E-state index contributed by atoms with van der Waals surface area (Å²) in [6, 6.07) is 9.77. The molecular formula is C21H17Cl2FN4O2S. The Balaban J connectivity index is 1.42. The number of nitrogens with zero attached hydrogens (tertiary/aromatic N) is 3. The van der Waals surface area contributed by atoms with Crippen LogP contribution in [0.5, 0.6) is 0 Å². The van der Waals surface area contributed by atoms with Crippen LogP contribution in [0.1, 0.15) is 28.5 Å². The molecule has 1 atom stereocenters. The molecule has 31 heavy (non-hydrogen) atoms. The first-order valence-corrected chi connectivity index (χ1v) is 11.0. The molecule has 1 aromatic heterocycles. The molecule has 0 aliphatic carbocycles. The van der Waals surface area contributed by atoms with Gasteiger partial charge in [-0.25, -0.2) is 4.39 Å². The van der Waals surface area contributed by atoms with Gasteiger partial charge in [0.15, 0.2) is 0 Å². The second-order valence-electron chi connectivity index (χ2n) is 7.21. The minimum atomic E-state index is -0.540. The Hall–Kier alpha value is -2.55. The minimum absolute atomic E-state index is 0.0279. The average molecular weight is 479 g/mol. The van der Waals surface area contributed by atoms with Gasteiger partial charge in [0.2, 0.25) is 16.9 Å². The topological polar surface area (TPSA) is 75.2 Å². The van der Waals surface area contributed by atoms with Crippen LogP contribution in [-0.2, 0) is 16.0 Å². The van der Waals surface area contributed by atoms with Crippen molar-refractivity contribution in [1.29, 1.82) is 0 Å². The maximum atomic E-state index is 13.9. The summed E-state index contributed by atoms with van der Waals surface area (Å²) < 4.78 is 13.9. The fourth-order valence-corrected chi connectivity index (χ4v) is 4.60. The normalized spacial score (nSPS) is 16.1. The smallest absolute Gasteiger partial charge is 0.230 e. The van der Waals surface area contributed by atoms with E-state index >= 15 is 0 Å². The Labute approximate surface area is 192 Å². The molecule has 2 heterocycles. The van der Waals surface area contributed by atoms with Gasteiger partial charge in [-0.1, -0.05) is 46.7 Å². The number of hydrogen-bond acceptors (Lipinski definition) is 5. The van der Waals surface area contributed by atoms with Crippen LogP contribution in [0.4, 0.5) is 15.2 Å². The van der Waals surface area contributed by atoms with Gasteiger partial charge >= 0.3 is 0 Å². The first kappa shape index (κ1) is 21.7. The first-order chi connectivity index (χ1) is 14.8. The van der Waals surface area contributed by atoms with Crippen LogP contribution in [0.15, 0.2) is 36.4 Å². The van der Waals surface area contributed by atoms with Crippen molar-refractivity contribution in [2.75, 3.05) is 16.8 Å². The molecule has 4 rings (SSSR count). The van der Waals surface area contributed by atoms with E-state index in [0.717, 1.165) is 11.3 Å². The summed E-state index contributed by atoms with van der Waals surface area (Å²) in [6.45, 7) is 2.35.